The van der Waals surface area contributed by atoms with Crippen molar-refractivity contribution < 1.29 is 18.7 Å². The summed E-state index contributed by atoms with van der Waals surface area (Å²) in [4.78, 5) is 32.4. The zero-order chi connectivity index (χ0) is 20.9. The van der Waals surface area contributed by atoms with Gasteiger partial charge in [0.2, 0.25) is 0 Å². The largest absolute Gasteiger partial charge is 0.444 e. The van der Waals surface area contributed by atoms with Gasteiger partial charge in [-0.3, -0.25) is 9.78 Å². The van der Waals surface area contributed by atoms with E-state index in [1.54, 1.807) is 26.2 Å². The Labute approximate surface area is 167 Å². The molecule has 2 N–H and O–H groups in total. The fraction of sp³-hybridized carbons (Fsp3) is 0.474. The highest BCUT2D eigenvalue weighted by molar-refractivity contribution is 7.10. The van der Waals surface area contributed by atoms with Crippen molar-refractivity contribution in [1.29, 1.82) is 0 Å². The molecule has 2 heterocycles. The lowest BCUT2D eigenvalue weighted by atomic mass is 9.94. The van der Waals surface area contributed by atoms with Crippen molar-refractivity contribution in [2.45, 2.75) is 52.2 Å². The molecule has 0 aliphatic carbocycles. The zero-order valence-corrected chi connectivity index (χ0v) is 17.4. The Bertz CT molecular complexity index is 846. The van der Waals surface area contributed by atoms with Gasteiger partial charge in [0.15, 0.2) is 0 Å². The summed E-state index contributed by atoms with van der Waals surface area (Å²) in [6.07, 6.45) is 0.957. The molecule has 0 saturated carbocycles. The van der Waals surface area contributed by atoms with E-state index in [9.17, 15) is 14.0 Å². The Morgan fingerprint density at radius 1 is 1.21 bits per heavy atom. The van der Waals surface area contributed by atoms with Gasteiger partial charge in [-0.1, -0.05) is 13.8 Å². The van der Waals surface area contributed by atoms with Crippen LogP contribution in [0.4, 0.5) is 9.18 Å². The lowest BCUT2D eigenvalue weighted by Crippen LogP contribution is -2.39. The summed E-state index contributed by atoms with van der Waals surface area (Å²) in [7, 11) is 0. The molecule has 0 radical (unpaired) electrons. The van der Waals surface area contributed by atoms with Gasteiger partial charge in [-0.2, -0.15) is 0 Å². The number of alkyl carbamates (subject to hydrolysis) is 1. The van der Waals surface area contributed by atoms with Gasteiger partial charge in [0.25, 0.3) is 5.91 Å². The predicted octanol–water partition coefficient (Wildman–Crippen LogP) is 3.41. The van der Waals surface area contributed by atoms with Crippen LogP contribution in [0.3, 0.4) is 0 Å². The third kappa shape index (κ3) is 6.26. The molecule has 0 saturated heterocycles. The lowest BCUT2D eigenvalue weighted by molar-refractivity contribution is 0.0517. The Hall–Kier alpha value is -2.55. The van der Waals surface area contributed by atoms with Crippen LogP contribution in [0.25, 0.3) is 0 Å². The molecule has 152 valence electrons. The lowest BCUT2D eigenvalue weighted by Gasteiger charge is -2.24. The van der Waals surface area contributed by atoms with Crippen molar-refractivity contribution in [3.05, 3.63) is 45.9 Å². The summed E-state index contributed by atoms with van der Waals surface area (Å²) in [6, 6.07) is 2.77. The molecular formula is C19H25FN4O3S. The molecule has 7 nitrogen and oxygen atoms in total. The van der Waals surface area contributed by atoms with Crippen LogP contribution in [0.15, 0.2) is 23.7 Å². The van der Waals surface area contributed by atoms with Crippen molar-refractivity contribution in [1.82, 2.24) is 20.6 Å². The van der Waals surface area contributed by atoms with Crippen LogP contribution in [0.1, 0.15) is 55.8 Å². The number of rotatable bonds is 6. The molecule has 0 atom stereocenters. The smallest absolute Gasteiger partial charge is 0.407 e. The van der Waals surface area contributed by atoms with Gasteiger partial charge in [0, 0.05) is 23.5 Å². The molecule has 0 unspecified atom stereocenters. The molecule has 2 aromatic heterocycles. The van der Waals surface area contributed by atoms with E-state index in [1.165, 1.54) is 29.7 Å². The number of aromatic nitrogens is 2. The number of ether oxygens (including phenoxy) is 1. The van der Waals surface area contributed by atoms with Gasteiger partial charge < -0.3 is 15.4 Å². The highest BCUT2D eigenvalue weighted by atomic mass is 32.1. The first-order chi connectivity index (χ1) is 13.0. The number of carbonyl (C=O) groups excluding carboxylic acids is 2. The molecule has 0 aliphatic rings. The molecular weight excluding hydrogens is 383 g/mol. The highest BCUT2D eigenvalue weighted by Gasteiger charge is 2.27. The summed E-state index contributed by atoms with van der Waals surface area (Å²) in [5, 5.41) is 7.66. The molecule has 2 amide bonds. The number of hydrogen-bond donors (Lipinski definition) is 2. The highest BCUT2D eigenvalue weighted by Crippen LogP contribution is 2.26. The van der Waals surface area contributed by atoms with Crippen molar-refractivity contribution in [3.63, 3.8) is 0 Å². The van der Waals surface area contributed by atoms with Gasteiger partial charge in [0.1, 0.15) is 22.1 Å². The fourth-order valence-electron chi connectivity index (χ4n) is 2.17. The van der Waals surface area contributed by atoms with E-state index in [0.717, 1.165) is 0 Å². The van der Waals surface area contributed by atoms with Crippen molar-refractivity contribution in [2.24, 2.45) is 0 Å². The van der Waals surface area contributed by atoms with Gasteiger partial charge >= 0.3 is 6.09 Å². The maximum Gasteiger partial charge on any atom is 0.407 e. The quantitative estimate of drug-likeness (QED) is 0.764. The van der Waals surface area contributed by atoms with Crippen molar-refractivity contribution in [3.8, 4) is 0 Å². The number of pyridine rings is 1. The van der Waals surface area contributed by atoms with Gasteiger partial charge in [-0.05, 0) is 32.9 Å². The third-order valence-corrected chi connectivity index (χ3v) is 4.85. The van der Waals surface area contributed by atoms with Crippen molar-refractivity contribution in [2.75, 3.05) is 6.54 Å². The van der Waals surface area contributed by atoms with E-state index in [1.807, 2.05) is 13.8 Å². The summed E-state index contributed by atoms with van der Waals surface area (Å²) in [6.45, 7) is 9.47. The Morgan fingerprint density at radius 2 is 1.93 bits per heavy atom. The SMILES string of the molecule is CC(C)(C)OC(=O)NCC(C)(C)c1nc(C(=O)NCc2ncccc2F)cs1. The van der Waals surface area contributed by atoms with Crippen LogP contribution in [-0.2, 0) is 16.7 Å². The number of hydrogen-bond acceptors (Lipinski definition) is 6. The van der Waals surface area contributed by atoms with Crippen molar-refractivity contribution >= 4 is 23.3 Å². The average molecular weight is 408 g/mol. The topological polar surface area (TPSA) is 93.2 Å². The van der Waals surface area contributed by atoms with E-state index in [0.29, 0.717) is 11.6 Å². The first kappa shape index (κ1) is 21.7. The first-order valence-electron chi connectivity index (χ1n) is 8.78. The Balaban J connectivity index is 1.94. The van der Waals surface area contributed by atoms with Crippen LogP contribution >= 0.6 is 11.3 Å². The summed E-state index contributed by atoms with van der Waals surface area (Å²) < 4.78 is 18.8. The number of halogens is 1. The second kappa shape index (κ2) is 8.64. The average Bonchev–Trinajstić information content (AvgIpc) is 3.09. The number of nitrogens with zero attached hydrogens (tertiary/aromatic N) is 2. The second-order valence-electron chi connectivity index (χ2n) is 7.89. The summed E-state index contributed by atoms with van der Waals surface area (Å²) in [5.74, 6) is -0.889. The Kier molecular flexibility index (Phi) is 6.71. The van der Waals surface area contributed by atoms with Crippen LogP contribution < -0.4 is 10.6 Å². The maximum atomic E-state index is 13.6. The summed E-state index contributed by atoms with van der Waals surface area (Å²) in [5.41, 5.74) is -0.670. The monoisotopic (exact) mass is 408 g/mol. The molecule has 28 heavy (non-hydrogen) atoms. The molecule has 2 rings (SSSR count). The predicted molar refractivity (Wildman–Crippen MR) is 105 cm³/mol. The summed E-state index contributed by atoms with van der Waals surface area (Å²) >= 11 is 1.32. The molecule has 9 heteroatoms. The first-order valence-corrected chi connectivity index (χ1v) is 9.66. The normalized spacial score (nSPS) is 11.8. The number of amides is 2. The molecule has 0 bridgehead atoms. The number of nitrogens with one attached hydrogen (secondary N) is 2. The molecule has 0 spiro atoms. The minimum Gasteiger partial charge on any atom is -0.444 e. The van der Waals surface area contributed by atoms with E-state index in [2.05, 4.69) is 20.6 Å². The molecule has 2 aromatic rings. The number of thiazole rings is 1. The Morgan fingerprint density at radius 3 is 2.57 bits per heavy atom. The van der Waals surface area contributed by atoms with Crippen LogP contribution in [0.2, 0.25) is 0 Å². The molecule has 0 aromatic carbocycles. The fourth-order valence-corrected chi connectivity index (χ4v) is 3.10. The van der Waals surface area contributed by atoms with Gasteiger partial charge in [0.05, 0.1) is 12.2 Å². The maximum absolute atomic E-state index is 13.6. The van der Waals surface area contributed by atoms with Crippen LogP contribution in [0.5, 0.6) is 0 Å². The van der Waals surface area contributed by atoms with Gasteiger partial charge in [-0.25, -0.2) is 14.2 Å². The minimum atomic E-state index is -0.576. The second-order valence-corrected chi connectivity index (χ2v) is 8.75. The van der Waals surface area contributed by atoms with Crippen LogP contribution in [-0.4, -0.2) is 34.1 Å². The van der Waals surface area contributed by atoms with E-state index in [-0.39, 0.29) is 17.9 Å². The molecule has 0 fully saturated rings. The van der Waals surface area contributed by atoms with E-state index >= 15 is 0 Å². The number of carbonyl (C=O) groups is 2. The standard InChI is InChI=1S/C19H25FN4O3S/c1-18(2,3)27-17(26)23-11-19(4,5)16-24-14(10-28-16)15(25)22-9-13-12(20)7-6-8-21-13/h6-8,10H,9,11H2,1-5H3,(H,22,25)(H,23,26). The minimum absolute atomic E-state index is 0.0258. The zero-order valence-electron chi connectivity index (χ0n) is 16.6. The van der Waals surface area contributed by atoms with E-state index in [4.69, 9.17) is 4.74 Å². The third-order valence-electron chi connectivity index (χ3n) is 3.64. The van der Waals surface area contributed by atoms with Crippen LogP contribution in [0, 0.1) is 5.82 Å². The van der Waals surface area contributed by atoms with E-state index < -0.39 is 28.8 Å². The molecule has 0 aliphatic heterocycles. The van der Waals surface area contributed by atoms with Gasteiger partial charge in [-0.15, -0.1) is 11.3 Å².